The molecule has 2 aliphatic rings. The first-order valence-electron chi connectivity index (χ1n) is 10.1. The van der Waals surface area contributed by atoms with Crippen molar-refractivity contribution in [1.82, 2.24) is 9.80 Å². The third kappa shape index (κ3) is 6.85. The van der Waals surface area contributed by atoms with Crippen LogP contribution in [0.5, 0.6) is 17.2 Å². The highest BCUT2D eigenvalue weighted by Crippen LogP contribution is 2.25. The van der Waals surface area contributed by atoms with E-state index < -0.39 is 11.9 Å². The van der Waals surface area contributed by atoms with Crippen molar-refractivity contribution < 1.29 is 34.1 Å². The van der Waals surface area contributed by atoms with Crippen molar-refractivity contribution in [3.63, 3.8) is 0 Å². The van der Waals surface area contributed by atoms with Crippen LogP contribution in [0.25, 0.3) is 0 Å². The summed E-state index contributed by atoms with van der Waals surface area (Å²) in [4.78, 5) is 35.7. The molecule has 1 amide bonds. The van der Waals surface area contributed by atoms with E-state index in [2.05, 4.69) is 4.90 Å². The second-order valence-electron chi connectivity index (χ2n) is 7.20. The number of carboxylic acids is 2. The Hall–Kier alpha value is -3.85. The lowest BCUT2D eigenvalue weighted by Gasteiger charge is -2.33. The second kappa shape index (κ2) is 11.0. The Bertz CT molecular complexity index is 944. The van der Waals surface area contributed by atoms with Gasteiger partial charge in [0, 0.05) is 44.4 Å². The van der Waals surface area contributed by atoms with E-state index in [0.717, 1.165) is 38.3 Å². The van der Waals surface area contributed by atoms with Gasteiger partial charge in [-0.15, -0.1) is 0 Å². The fraction of sp³-hybridized carbons (Fsp3) is 0.261. The summed E-state index contributed by atoms with van der Waals surface area (Å²) >= 11 is 0. The highest BCUT2D eigenvalue weighted by molar-refractivity contribution is 5.89. The number of piperazine rings is 1. The standard InChI is InChI=1S/C19H20N2O3.C4H4O4/c22-19(21-13-12-20-11-10-15(21)14-20)24-18-8-6-17(7-9-18)23-16-4-2-1-3-5-16;5-3(6)1-2-4(7)8/h1-9,15H,10-14H2;1-2H,(H,5,6)(H,7,8)/b;2-1+. The van der Waals surface area contributed by atoms with Gasteiger partial charge < -0.3 is 24.6 Å². The van der Waals surface area contributed by atoms with Gasteiger partial charge in [-0.05, 0) is 42.8 Å². The van der Waals surface area contributed by atoms with E-state index in [1.807, 2.05) is 47.4 Å². The molecule has 2 heterocycles. The smallest absolute Gasteiger partial charge is 0.415 e. The average Bonchev–Trinajstić information content (AvgIpc) is 3.15. The van der Waals surface area contributed by atoms with Gasteiger partial charge in [-0.25, -0.2) is 14.4 Å². The van der Waals surface area contributed by atoms with E-state index in [9.17, 15) is 14.4 Å². The summed E-state index contributed by atoms with van der Waals surface area (Å²) in [5, 5.41) is 15.6. The number of ether oxygens (including phenoxy) is 2. The van der Waals surface area contributed by atoms with Gasteiger partial charge in [0.1, 0.15) is 17.2 Å². The van der Waals surface area contributed by atoms with Gasteiger partial charge in [0.05, 0.1) is 0 Å². The molecule has 9 heteroatoms. The van der Waals surface area contributed by atoms with Crippen molar-refractivity contribution >= 4 is 18.0 Å². The van der Waals surface area contributed by atoms with Gasteiger partial charge in [0.25, 0.3) is 0 Å². The third-order valence-corrected chi connectivity index (χ3v) is 4.96. The highest BCUT2D eigenvalue weighted by Gasteiger charge is 2.36. The van der Waals surface area contributed by atoms with Crippen molar-refractivity contribution in [2.75, 3.05) is 26.2 Å². The largest absolute Gasteiger partial charge is 0.478 e. The summed E-state index contributed by atoms with van der Waals surface area (Å²) in [6.07, 6.45) is 1.90. The maximum atomic E-state index is 12.4. The number of benzene rings is 2. The lowest BCUT2D eigenvalue weighted by molar-refractivity contribution is -0.134. The van der Waals surface area contributed by atoms with Crippen LogP contribution in [0.15, 0.2) is 66.7 Å². The number of rotatable bonds is 5. The molecule has 2 bridgehead atoms. The number of para-hydroxylation sites is 1. The van der Waals surface area contributed by atoms with E-state index >= 15 is 0 Å². The molecule has 2 saturated heterocycles. The maximum Gasteiger partial charge on any atom is 0.415 e. The molecule has 2 fully saturated rings. The first-order valence-corrected chi connectivity index (χ1v) is 10.1. The highest BCUT2D eigenvalue weighted by atomic mass is 16.6. The molecule has 2 aromatic rings. The Balaban J connectivity index is 0.000000312. The Kier molecular flexibility index (Phi) is 7.82. The number of hydrogen-bond donors (Lipinski definition) is 2. The average molecular weight is 440 g/mol. The maximum absolute atomic E-state index is 12.4. The van der Waals surface area contributed by atoms with Gasteiger partial charge in [-0.3, -0.25) is 4.90 Å². The van der Waals surface area contributed by atoms with Gasteiger partial charge >= 0.3 is 18.0 Å². The number of carbonyl (C=O) groups excluding carboxylic acids is 1. The van der Waals surface area contributed by atoms with Crippen molar-refractivity contribution in [1.29, 1.82) is 0 Å². The van der Waals surface area contributed by atoms with Gasteiger partial charge in [-0.1, -0.05) is 18.2 Å². The lowest BCUT2D eigenvalue weighted by atomic mass is 10.2. The van der Waals surface area contributed by atoms with Gasteiger partial charge in [-0.2, -0.15) is 0 Å². The molecule has 4 rings (SSSR count). The number of amides is 1. The lowest BCUT2D eigenvalue weighted by Crippen LogP contribution is -2.50. The van der Waals surface area contributed by atoms with Crippen LogP contribution in [0.2, 0.25) is 0 Å². The van der Waals surface area contributed by atoms with E-state index in [1.165, 1.54) is 0 Å². The monoisotopic (exact) mass is 440 g/mol. The zero-order valence-electron chi connectivity index (χ0n) is 17.3. The fourth-order valence-electron chi connectivity index (χ4n) is 3.44. The van der Waals surface area contributed by atoms with E-state index in [0.29, 0.717) is 29.7 Å². The summed E-state index contributed by atoms with van der Waals surface area (Å²) in [5.74, 6) is -0.479. The number of aliphatic carboxylic acids is 2. The van der Waals surface area contributed by atoms with E-state index in [-0.39, 0.29) is 6.09 Å². The second-order valence-corrected chi connectivity index (χ2v) is 7.20. The molecule has 0 saturated carbocycles. The first-order chi connectivity index (χ1) is 15.4. The van der Waals surface area contributed by atoms with Gasteiger partial charge in [0.15, 0.2) is 0 Å². The molecule has 2 N–H and O–H groups in total. The number of fused-ring (bicyclic) bond motifs is 2. The summed E-state index contributed by atoms with van der Waals surface area (Å²) in [7, 11) is 0. The molecular formula is C23H24N2O7. The molecule has 2 unspecified atom stereocenters. The molecule has 168 valence electrons. The van der Waals surface area contributed by atoms with Crippen molar-refractivity contribution in [2.24, 2.45) is 0 Å². The molecule has 0 aliphatic carbocycles. The Morgan fingerprint density at radius 3 is 2.03 bits per heavy atom. The van der Waals surface area contributed by atoms with Crippen molar-refractivity contribution in [2.45, 2.75) is 12.5 Å². The Labute approximate surface area is 185 Å². The molecule has 0 radical (unpaired) electrons. The van der Waals surface area contributed by atoms with Crippen LogP contribution in [0, 0.1) is 0 Å². The summed E-state index contributed by atoms with van der Waals surface area (Å²) in [6.45, 7) is 3.74. The molecule has 32 heavy (non-hydrogen) atoms. The number of carbonyl (C=O) groups is 3. The van der Waals surface area contributed by atoms with Crippen molar-refractivity contribution in [3.05, 3.63) is 66.7 Å². The van der Waals surface area contributed by atoms with Crippen LogP contribution in [0.1, 0.15) is 6.42 Å². The van der Waals surface area contributed by atoms with Crippen LogP contribution >= 0.6 is 0 Å². The first kappa shape index (κ1) is 22.8. The minimum Gasteiger partial charge on any atom is -0.478 e. The normalized spacial score (nSPS) is 19.1. The topological polar surface area (TPSA) is 117 Å². The minimum absolute atomic E-state index is 0.252. The molecule has 0 spiro atoms. The summed E-state index contributed by atoms with van der Waals surface area (Å²) in [6, 6.07) is 17.0. The number of nitrogens with zero attached hydrogens (tertiary/aromatic N) is 2. The predicted octanol–water partition coefficient (Wildman–Crippen LogP) is 3.08. The quantitative estimate of drug-likeness (QED) is 0.682. The van der Waals surface area contributed by atoms with Crippen molar-refractivity contribution in [3.8, 4) is 17.2 Å². The zero-order chi connectivity index (χ0) is 22.9. The number of hydrogen-bond acceptors (Lipinski definition) is 6. The molecule has 0 aromatic heterocycles. The van der Waals surface area contributed by atoms with Crippen LogP contribution in [0.3, 0.4) is 0 Å². The zero-order valence-corrected chi connectivity index (χ0v) is 17.3. The summed E-state index contributed by atoms with van der Waals surface area (Å²) < 4.78 is 11.3. The molecule has 2 aliphatic heterocycles. The fourth-order valence-corrected chi connectivity index (χ4v) is 3.44. The third-order valence-electron chi connectivity index (χ3n) is 4.96. The van der Waals surface area contributed by atoms with Gasteiger partial charge in [0.2, 0.25) is 0 Å². The Morgan fingerprint density at radius 1 is 0.812 bits per heavy atom. The van der Waals surface area contributed by atoms with E-state index in [1.54, 1.807) is 12.1 Å². The Morgan fingerprint density at radius 2 is 1.41 bits per heavy atom. The molecule has 9 nitrogen and oxygen atoms in total. The SMILES string of the molecule is O=C(O)/C=C/C(=O)O.O=C(Oc1ccc(Oc2ccccc2)cc1)N1CCN2CCC1C2. The number of carboxylic acid groups (broad SMARTS) is 2. The van der Waals surface area contributed by atoms with E-state index in [4.69, 9.17) is 19.7 Å². The molecule has 2 aromatic carbocycles. The van der Waals surface area contributed by atoms with Crippen LogP contribution < -0.4 is 9.47 Å². The van der Waals surface area contributed by atoms with Crippen LogP contribution in [-0.2, 0) is 9.59 Å². The van der Waals surface area contributed by atoms with Crippen LogP contribution in [0.4, 0.5) is 4.79 Å². The van der Waals surface area contributed by atoms with Crippen LogP contribution in [-0.4, -0.2) is 70.3 Å². The predicted molar refractivity (Wildman–Crippen MR) is 115 cm³/mol. The molecule has 2 atom stereocenters. The molecular weight excluding hydrogens is 416 g/mol. The summed E-state index contributed by atoms with van der Waals surface area (Å²) in [5.41, 5.74) is 0. The minimum atomic E-state index is -1.26.